The van der Waals surface area contributed by atoms with Crippen molar-refractivity contribution in [1.29, 1.82) is 0 Å². The predicted octanol–water partition coefficient (Wildman–Crippen LogP) is 3.10. The molecule has 22 heavy (non-hydrogen) atoms. The Morgan fingerprint density at radius 1 is 1.23 bits per heavy atom. The lowest BCUT2D eigenvalue weighted by molar-refractivity contribution is 0.342. The number of fused-ring (bicyclic) bond motifs is 2. The molecule has 2 bridgehead atoms. The molecule has 3 atom stereocenters. The van der Waals surface area contributed by atoms with Crippen molar-refractivity contribution in [3.05, 3.63) is 41.6 Å². The lowest BCUT2D eigenvalue weighted by atomic mass is 9.90. The second kappa shape index (κ2) is 6.41. The number of benzene rings is 1. The van der Waals surface area contributed by atoms with E-state index in [0.717, 1.165) is 22.3 Å². The van der Waals surface area contributed by atoms with Gasteiger partial charge in [-0.1, -0.05) is 41.8 Å². The van der Waals surface area contributed by atoms with Gasteiger partial charge in [-0.25, -0.2) is 0 Å². The van der Waals surface area contributed by atoms with Crippen molar-refractivity contribution in [1.82, 2.24) is 13.6 Å². The van der Waals surface area contributed by atoms with Gasteiger partial charge in [-0.3, -0.25) is 0 Å². The average Bonchev–Trinajstić information content (AvgIpc) is 3.28. The normalized spacial score (nSPS) is 25.9. The first-order valence-corrected chi connectivity index (χ1v) is 9.33. The highest BCUT2D eigenvalue weighted by atomic mass is 32.2. The van der Waals surface area contributed by atoms with Crippen molar-refractivity contribution in [2.24, 2.45) is 5.92 Å². The fraction of sp³-hybridized carbons (Fsp3) is 0.412. The molecule has 2 aliphatic heterocycles. The maximum Gasteiger partial charge on any atom is 0.134 e. The van der Waals surface area contributed by atoms with Crippen LogP contribution in [0.3, 0.4) is 0 Å². The predicted molar refractivity (Wildman–Crippen MR) is 91.2 cm³/mol. The summed E-state index contributed by atoms with van der Waals surface area (Å²) in [5, 5.41) is 1.10. The second-order valence-corrected chi connectivity index (χ2v) is 7.32. The number of piperidine rings is 1. The molecule has 1 aromatic heterocycles. The molecule has 0 radical (unpaired) electrons. The molecule has 2 aromatic rings. The van der Waals surface area contributed by atoms with Gasteiger partial charge in [-0.2, -0.15) is 8.75 Å². The maximum absolute atomic E-state index is 4.59. The van der Waals surface area contributed by atoms with Crippen LogP contribution in [-0.4, -0.2) is 39.0 Å². The SMILES string of the molecule is C(#Cc1ccccc1)CSc1nsnc1C1CN2CCC1C2. The van der Waals surface area contributed by atoms with Crippen molar-refractivity contribution in [2.45, 2.75) is 17.4 Å². The molecular formula is C17H17N3S2. The number of hydrogen-bond donors (Lipinski definition) is 0. The minimum Gasteiger partial charge on any atom is -0.302 e. The first-order valence-electron chi connectivity index (χ1n) is 7.61. The molecule has 1 aromatic carbocycles. The van der Waals surface area contributed by atoms with E-state index < -0.39 is 0 Å². The van der Waals surface area contributed by atoms with Crippen molar-refractivity contribution in [2.75, 3.05) is 25.4 Å². The molecular weight excluding hydrogens is 310 g/mol. The molecule has 2 saturated heterocycles. The van der Waals surface area contributed by atoms with Gasteiger partial charge < -0.3 is 4.90 Å². The topological polar surface area (TPSA) is 29.0 Å². The highest BCUT2D eigenvalue weighted by Crippen LogP contribution is 2.41. The van der Waals surface area contributed by atoms with Gasteiger partial charge in [0.05, 0.1) is 23.2 Å². The smallest absolute Gasteiger partial charge is 0.134 e. The molecule has 3 unspecified atom stereocenters. The summed E-state index contributed by atoms with van der Waals surface area (Å²) < 4.78 is 9.08. The van der Waals surface area contributed by atoms with Gasteiger partial charge >= 0.3 is 0 Å². The minimum atomic E-state index is 0.595. The molecule has 2 aliphatic rings. The van der Waals surface area contributed by atoms with Gasteiger partial charge in [-0.05, 0) is 31.0 Å². The van der Waals surface area contributed by atoms with Crippen molar-refractivity contribution >= 4 is 23.5 Å². The highest BCUT2D eigenvalue weighted by Gasteiger charge is 2.41. The number of thioether (sulfide) groups is 1. The lowest BCUT2D eigenvalue weighted by Crippen LogP contribution is -2.22. The molecule has 112 valence electrons. The molecule has 0 saturated carbocycles. The monoisotopic (exact) mass is 327 g/mol. The fourth-order valence-electron chi connectivity index (χ4n) is 3.37. The van der Waals surface area contributed by atoms with E-state index in [4.69, 9.17) is 0 Å². The van der Waals surface area contributed by atoms with Crippen LogP contribution in [-0.2, 0) is 0 Å². The van der Waals surface area contributed by atoms with E-state index in [1.54, 1.807) is 11.8 Å². The van der Waals surface area contributed by atoms with Crippen molar-refractivity contribution < 1.29 is 0 Å². The van der Waals surface area contributed by atoms with E-state index in [1.165, 1.54) is 43.5 Å². The summed E-state index contributed by atoms with van der Waals surface area (Å²) in [5.41, 5.74) is 2.30. The number of rotatable bonds is 3. The summed E-state index contributed by atoms with van der Waals surface area (Å²) in [6, 6.07) is 10.1. The van der Waals surface area contributed by atoms with Crippen LogP contribution < -0.4 is 0 Å². The zero-order valence-electron chi connectivity index (χ0n) is 12.2. The summed E-state index contributed by atoms with van der Waals surface area (Å²) >= 11 is 3.08. The van der Waals surface area contributed by atoms with Crippen LogP contribution in [0.25, 0.3) is 0 Å². The summed E-state index contributed by atoms with van der Waals surface area (Å²) in [6.45, 7) is 3.68. The van der Waals surface area contributed by atoms with Crippen molar-refractivity contribution in [3.63, 3.8) is 0 Å². The lowest BCUT2D eigenvalue weighted by Gasteiger charge is -2.20. The molecule has 0 spiro atoms. The number of nitrogens with zero attached hydrogens (tertiary/aromatic N) is 3. The van der Waals surface area contributed by atoms with E-state index in [9.17, 15) is 0 Å². The summed E-state index contributed by atoms with van der Waals surface area (Å²) in [5.74, 6) is 8.59. The Balaban J connectivity index is 1.40. The Labute approximate surface area is 139 Å². The van der Waals surface area contributed by atoms with E-state index in [2.05, 4.69) is 25.5 Å². The Morgan fingerprint density at radius 2 is 2.14 bits per heavy atom. The molecule has 0 aliphatic carbocycles. The summed E-state index contributed by atoms with van der Waals surface area (Å²) in [6.07, 6.45) is 1.32. The zero-order valence-corrected chi connectivity index (χ0v) is 13.9. The quantitative estimate of drug-likeness (QED) is 0.640. The molecule has 2 fully saturated rings. The number of aromatic nitrogens is 2. The standard InChI is InChI=1S/C17H17N3S2/c1-2-5-13(6-3-1)7-4-10-21-17-16(18-22-19-17)15-12-20-9-8-14(15)11-20/h1-3,5-6,14-15H,8-12H2. The Hall–Kier alpha value is -1.35. The number of hydrogen-bond acceptors (Lipinski definition) is 5. The van der Waals surface area contributed by atoms with Gasteiger partial charge in [0.2, 0.25) is 0 Å². The van der Waals surface area contributed by atoms with Gasteiger partial charge in [0.1, 0.15) is 5.03 Å². The van der Waals surface area contributed by atoms with Crippen LogP contribution >= 0.6 is 23.5 Å². The Kier molecular flexibility index (Phi) is 4.15. The summed E-state index contributed by atoms with van der Waals surface area (Å²) in [4.78, 5) is 2.55. The summed E-state index contributed by atoms with van der Waals surface area (Å²) in [7, 11) is 0. The molecule has 0 N–H and O–H groups in total. The Bertz CT molecular complexity index is 701. The molecule has 4 rings (SSSR count). The first-order chi connectivity index (χ1) is 10.9. The maximum atomic E-state index is 4.59. The van der Waals surface area contributed by atoms with E-state index in [0.29, 0.717) is 5.92 Å². The highest BCUT2D eigenvalue weighted by molar-refractivity contribution is 7.99. The van der Waals surface area contributed by atoms with Gasteiger partial charge in [-0.15, -0.1) is 0 Å². The van der Waals surface area contributed by atoms with Gasteiger partial charge in [0.25, 0.3) is 0 Å². The first kappa shape index (κ1) is 14.3. The van der Waals surface area contributed by atoms with Gasteiger partial charge in [0, 0.05) is 24.6 Å². The third kappa shape index (κ3) is 2.91. The van der Waals surface area contributed by atoms with Crippen LogP contribution in [0, 0.1) is 17.8 Å². The van der Waals surface area contributed by atoms with Crippen LogP contribution in [0.1, 0.15) is 23.6 Å². The Morgan fingerprint density at radius 3 is 2.91 bits per heavy atom. The third-order valence-electron chi connectivity index (χ3n) is 4.45. The third-order valence-corrected chi connectivity index (χ3v) is 5.97. The molecule has 0 amide bonds. The van der Waals surface area contributed by atoms with Crippen LogP contribution in [0.4, 0.5) is 0 Å². The van der Waals surface area contributed by atoms with E-state index in [1.807, 2.05) is 30.3 Å². The van der Waals surface area contributed by atoms with Crippen molar-refractivity contribution in [3.8, 4) is 11.8 Å². The van der Waals surface area contributed by atoms with Crippen LogP contribution in [0.15, 0.2) is 35.4 Å². The molecule has 5 heteroatoms. The van der Waals surface area contributed by atoms with Gasteiger partial charge in [0.15, 0.2) is 0 Å². The minimum absolute atomic E-state index is 0.595. The average molecular weight is 327 g/mol. The van der Waals surface area contributed by atoms with E-state index in [-0.39, 0.29) is 0 Å². The molecule has 3 nitrogen and oxygen atoms in total. The largest absolute Gasteiger partial charge is 0.302 e. The fourth-order valence-corrected chi connectivity index (χ4v) is 4.88. The van der Waals surface area contributed by atoms with Crippen LogP contribution in [0.2, 0.25) is 0 Å². The second-order valence-electron chi connectivity index (χ2n) is 5.83. The zero-order chi connectivity index (χ0) is 14.8. The molecule has 3 heterocycles. The van der Waals surface area contributed by atoms with Crippen LogP contribution in [0.5, 0.6) is 0 Å². The van der Waals surface area contributed by atoms with E-state index >= 15 is 0 Å².